The van der Waals surface area contributed by atoms with E-state index in [-0.39, 0.29) is 5.78 Å². The van der Waals surface area contributed by atoms with Crippen molar-refractivity contribution in [2.75, 3.05) is 26.2 Å². The molecule has 1 aromatic heterocycles. The van der Waals surface area contributed by atoms with Crippen molar-refractivity contribution >= 4 is 5.78 Å². The van der Waals surface area contributed by atoms with Gasteiger partial charge in [0.15, 0.2) is 5.78 Å². The zero-order valence-electron chi connectivity index (χ0n) is 9.52. The van der Waals surface area contributed by atoms with Gasteiger partial charge in [-0.1, -0.05) is 0 Å². The van der Waals surface area contributed by atoms with Crippen molar-refractivity contribution < 1.29 is 4.79 Å². The highest BCUT2D eigenvalue weighted by molar-refractivity contribution is 5.97. The molecule has 4 nitrogen and oxygen atoms in total. The Hall–Kier alpha value is -1.26. The van der Waals surface area contributed by atoms with Crippen LogP contribution in [0.3, 0.4) is 0 Å². The number of Topliss-reactive ketones (excluding diaryl/α,β-unsaturated/α-hetero) is 1. The molecule has 2 heterocycles. The van der Waals surface area contributed by atoms with Crippen molar-refractivity contribution in [2.24, 2.45) is 0 Å². The van der Waals surface area contributed by atoms with Gasteiger partial charge in [0.25, 0.3) is 0 Å². The van der Waals surface area contributed by atoms with Gasteiger partial charge in [-0.15, -0.1) is 0 Å². The van der Waals surface area contributed by atoms with Gasteiger partial charge < -0.3 is 5.32 Å². The Morgan fingerprint density at radius 2 is 2.31 bits per heavy atom. The normalized spacial score (nSPS) is 21.9. The molecule has 2 rings (SSSR count). The first-order chi connectivity index (χ1) is 7.77. The van der Waals surface area contributed by atoms with E-state index in [2.05, 4.69) is 22.1 Å². The summed E-state index contributed by atoms with van der Waals surface area (Å²) in [6.07, 6.45) is 3.32. The summed E-state index contributed by atoms with van der Waals surface area (Å²) in [6, 6.07) is 3.98. The van der Waals surface area contributed by atoms with Gasteiger partial charge in [-0.2, -0.15) is 0 Å². The first kappa shape index (κ1) is 11.2. The van der Waals surface area contributed by atoms with Crippen LogP contribution in [0, 0.1) is 0 Å². The van der Waals surface area contributed by atoms with E-state index in [1.807, 2.05) is 0 Å². The number of ketones is 1. The van der Waals surface area contributed by atoms with Crippen molar-refractivity contribution in [2.45, 2.75) is 13.0 Å². The van der Waals surface area contributed by atoms with Crippen molar-refractivity contribution in [3.8, 4) is 0 Å². The molecule has 1 aliphatic rings. The molecule has 0 aromatic carbocycles. The zero-order chi connectivity index (χ0) is 11.4. The first-order valence-corrected chi connectivity index (χ1v) is 5.65. The second-order valence-electron chi connectivity index (χ2n) is 4.18. The molecule has 0 saturated carbocycles. The summed E-state index contributed by atoms with van der Waals surface area (Å²) in [5, 5.41) is 3.31. The molecule has 1 N–H and O–H groups in total. The molecule has 1 saturated heterocycles. The van der Waals surface area contributed by atoms with Crippen LogP contribution in [-0.2, 0) is 0 Å². The second-order valence-corrected chi connectivity index (χ2v) is 4.18. The molecule has 0 radical (unpaired) electrons. The Morgan fingerprint density at radius 3 is 3.00 bits per heavy atom. The highest BCUT2D eigenvalue weighted by atomic mass is 16.1. The number of rotatable bonds is 3. The molecule has 16 heavy (non-hydrogen) atoms. The van der Waals surface area contributed by atoms with Gasteiger partial charge in [0, 0.05) is 43.6 Å². The van der Waals surface area contributed by atoms with E-state index in [0.717, 1.165) is 25.2 Å². The van der Waals surface area contributed by atoms with E-state index < -0.39 is 0 Å². The molecule has 1 fully saturated rings. The van der Waals surface area contributed by atoms with Crippen LogP contribution in [0.4, 0.5) is 0 Å². The molecule has 1 atom stereocenters. The number of carbonyl (C=O) groups is 1. The fraction of sp³-hybridized carbons (Fsp3) is 0.500. The zero-order valence-corrected chi connectivity index (χ0v) is 9.52. The molecule has 0 spiro atoms. The molecule has 4 heteroatoms. The predicted molar refractivity (Wildman–Crippen MR) is 62.5 cm³/mol. The first-order valence-electron chi connectivity index (χ1n) is 5.65. The molecule has 0 amide bonds. The monoisotopic (exact) mass is 219 g/mol. The van der Waals surface area contributed by atoms with Crippen LogP contribution >= 0.6 is 0 Å². The maximum absolute atomic E-state index is 12.0. The molecule has 0 bridgehead atoms. The predicted octanol–water partition coefficient (Wildman–Crippen LogP) is 0.558. The number of nitrogens with one attached hydrogen (secondary N) is 1. The van der Waals surface area contributed by atoms with E-state index in [1.54, 1.807) is 24.5 Å². The lowest BCUT2D eigenvalue weighted by molar-refractivity contribution is 0.0875. The van der Waals surface area contributed by atoms with E-state index in [0.29, 0.717) is 12.6 Å². The highest BCUT2D eigenvalue weighted by Gasteiger charge is 2.20. The Morgan fingerprint density at radius 1 is 1.56 bits per heavy atom. The largest absolute Gasteiger partial charge is 0.314 e. The average Bonchev–Trinajstić information content (AvgIpc) is 2.33. The van der Waals surface area contributed by atoms with Gasteiger partial charge in [0.2, 0.25) is 0 Å². The smallest absolute Gasteiger partial charge is 0.176 e. The minimum atomic E-state index is 0.177. The summed E-state index contributed by atoms with van der Waals surface area (Å²) in [4.78, 5) is 18.1. The van der Waals surface area contributed by atoms with Crippen LogP contribution in [0.5, 0.6) is 0 Å². The van der Waals surface area contributed by atoms with E-state index >= 15 is 0 Å². The third-order valence-corrected chi connectivity index (χ3v) is 2.99. The lowest BCUT2D eigenvalue weighted by Crippen LogP contribution is -2.51. The minimum absolute atomic E-state index is 0.177. The number of hydrogen-bond acceptors (Lipinski definition) is 4. The lowest BCUT2D eigenvalue weighted by Gasteiger charge is -2.33. The van der Waals surface area contributed by atoms with Crippen LogP contribution in [0.15, 0.2) is 24.5 Å². The standard InChI is InChI=1S/C12H17N3O/c1-10-8-14-6-7-15(10)9-12(16)11-2-4-13-5-3-11/h2-5,10,14H,6-9H2,1H3. The second kappa shape index (κ2) is 5.18. The Bertz CT molecular complexity index is 353. The highest BCUT2D eigenvalue weighted by Crippen LogP contribution is 2.05. The number of carbonyl (C=O) groups excluding carboxylic acids is 1. The van der Waals surface area contributed by atoms with Crippen LogP contribution in [-0.4, -0.2) is 47.9 Å². The fourth-order valence-electron chi connectivity index (χ4n) is 1.93. The fourth-order valence-corrected chi connectivity index (χ4v) is 1.93. The number of nitrogens with zero attached hydrogens (tertiary/aromatic N) is 2. The number of pyridine rings is 1. The molecule has 1 aliphatic heterocycles. The molecule has 1 aromatic rings. The van der Waals surface area contributed by atoms with Crippen LogP contribution in [0.2, 0.25) is 0 Å². The number of piperazine rings is 1. The Kier molecular flexibility index (Phi) is 3.64. The van der Waals surface area contributed by atoms with Gasteiger partial charge in [-0.25, -0.2) is 0 Å². The number of hydrogen-bond donors (Lipinski definition) is 1. The summed E-state index contributed by atoms with van der Waals surface area (Å²) in [7, 11) is 0. The maximum atomic E-state index is 12.0. The molecule has 86 valence electrons. The third kappa shape index (κ3) is 2.65. The number of aromatic nitrogens is 1. The third-order valence-electron chi connectivity index (χ3n) is 2.99. The van der Waals surface area contributed by atoms with E-state index in [4.69, 9.17) is 0 Å². The maximum Gasteiger partial charge on any atom is 0.176 e. The quantitative estimate of drug-likeness (QED) is 0.754. The van der Waals surface area contributed by atoms with Crippen molar-refractivity contribution in [1.82, 2.24) is 15.2 Å². The molecule has 1 unspecified atom stereocenters. The summed E-state index contributed by atoms with van der Waals surface area (Å²) in [5.74, 6) is 0.177. The van der Waals surface area contributed by atoms with Gasteiger partial charge in [0.05, 0.1) is 6.54 Å². The molecular formula is C12H17N3O. The van der Waals surface area contributed by atoms with Gasteiger partial charge in [0.1, 0.15) is 0 Å². The van der Waals surface area contributed by atoms with Crippen molar-refractivity contribution in [1.29, 1.82) is 0 Å². The summed E-state index contributed by atoms with van der Waals surface area (Å²) in [5.41, 5.74) is 0.751. The summed E-state index contributed by atoms with van der Waals surface area (Å²) < 4.78 is 0. The molecular weight excluding hydrogens is 202 g/mol. The summed E-state index contributed by atoms with van der Waals surface area (Å²) in [6.45, 7) is 5.52. The van der Waals surface area contributed by atoms with Gasteiger partial charge in [-0.3, -0.25) is 14.7 Å². The molecule has 0 aliphatic carbocycles. The Balaban J connectivity index is 1.96. The van der Waals surface area contributed by atoms with Crippen molar-refractivity contribution in [3.05, 3.63) is 30.1 Å². The van der Waals surface area contributed by atoms with Crippen LogP contribution in [0.25, 0.3) is 0 Å². The van der Waals surface area contributed by atoms with Crippen molar-refractivity contribution in [3.63, 3.8) is 0 Å². The summed E-state index contributed by atoms with van der Waals surface area (Å²) >= 11 is 0. The minimum Gasteiger partial charge on any atom is -0.314 e. The SMILES string of the molecule is CC1CNCCN1CC(=O)c1ccncc1. The lowest BCUT2D eigenvalue weighted by atomic mass is 10.1. The average molecular weight is 219 g/mol. The van der Waals surface area contributed by atoms with E-state index in [1.165, 1.54) is 0 Å². The van der Waals surface area contributed by atoms with Gasteiger partial charge >= 0.3 is 0 Å². The van der Waals surface area contributed by atoms with E-state index in [9.17, 15) is 4.79 Å². The topological polar surface area (TPSA) is 45.2 Å². The van der Waals surface area contributed by atoms with Gasteiger partial charge in [-0.05, 0) is 19.1 Å². The van der Waals surface area contributed by atoms with Crippen LogP contribution in [0.1, 0.15) is 17.3 Å². The Labute approximate surface area is 95.7 Å². The van der Waals surface area contributed by atoms with Crippen LogP contribution < -0.4 is 5.32 Å².